The molecule has 8 nitrogen and oxygen atoms in total. The molecule has 0 unspecified atom stereocenters. The molecule has 1 saturated carbocycles. The Balaban J connectivity index is 1.30. The van der Waals surface area contributed by atoms with E-state index in [1.54, 1.807) is 70.1 Å². The third kappa shape index (κ3) is 6.47. The Hall–Kier alpha value is -3.76. The van der Waals surface area contributed by atoms with Crippen molar-refractivity contribution < 1.29 is 44.5 Å². The molecule has 3 atom stereocenters. The second-order valence-electron chi connectivity index (χ2n) is 18.0. The summed E-state index contributed by atoms with van der Waals surface area (Å²) in [5.74, 6) is -0.959. The van der Waals surface area contributed by atoms with Crippen LogP contribution in [0.4, 0.5) is 26.3 Å². The van der Waals surface area contributed by atoms with E-state index in [2.05, 4.69) is 4.98 Å². The van der Waals surface area contributed by atoms with Crippen LogP contribution in [-0.4, -0.2) is 73.8 Å². The predicted molar refractivity (Wildman–Crippen MR) is 204 cm³/mol. The third-order valence-electron chi connectivity index (χ3n) is 12.2. The summed E-state index contributed by atoms with van der Waals surface area (Å²) in [6.45, 7) is 11.1. The molecule has 7 rings (SSSR count). The fourth-order valence-corrected chi connectivity index (χ4v) is 11.1. The van der Waals surface area contributed by atoms with Gasteiger partial charge >= 0.3 is 12.8 Å². The van der Waals surface area contributed by atoms with Crippen molar-refractivity contribution in [2.45, 2.75) is 120 Å². The molecule has 2 aliphatic heterocycles. The van der Waals surface area contributed by atoms with Gasteiger partial charge in [0.25, 0.3) is 5.91 Å². The highest BCUT2D eigenvalue weighted by Gasteiger charge is 2.72. The second kappa shape index (κ2) is 13.1. The summed E-state index contributed by atoms with van der Waals surface area (Å²) in [6.07, 6.45) is -4.23. The number of amides is 1. The van der Waals surface area contributed by atoms with Crippen LogP contribution in [0.5, 0.6) is 5.75 Å². The highest BCUT2D eigenvalue weighted by Crippen LogP contribution is 2.62. The number of rotatable bonds is 8. The molecule has 1 fully saturated rings. The van der Waals surface area contributed by atoms with Crippen molar-refractivity contribution in [3.05, 3.63) is 77.1 Å². The highest BCUT2D eigenvalue weighted by atomic mass is 32.2. The van der Waals surface area contributed by atoms with E-state index < -0.39 is 83.4 Å². The lowest BCUT2D eigenvalue weighted by molar-refractivity contribution is -0.295. The van der Waals surface area contributed by atoms with Gasteiger partial charge in [-0.05, 0) is 87.6 Å². The van der Waals surface area contributed by atoms with Gasteiger partial charge < -0.3 is 18.6 Å². The zero-order valence-corrected chi connectivity index (χ0v) is 34.6. The lowest BCUT2D eigenvalue weighted by Crippen LogP contribution is -2.69. The monoisotopic (exact) mass is 820 g/mol. The van der Waals surface area contributed by atoms with Crippen molar-refractivity contribution in [2.24, 2.45) is 0 Å². The van der Waals surface area contributed by atoms with E-state index in [0.29, 0.717) is 40.0 Å². The normalized spacial score (nSPS) is 24.6. The van der Waals surface area contributed by atoms with Crippen LogP contribution in [0.15, 0.2) is 48.7 Å². The van der Waals surface area contributed by atoms with Crippen LogP contribution in [0, 0.1) is 5.82 Å². The van der Waals surface area contributed by atoms with Crippen molar-refractivity contribution in [3.63, 3.8) is 0 Å². The first kappa shape index (κ1) is 40.4. The first-order valence-electron chi connectivity index (χ1n) is 18.5. The summed E-state index contributed by atoms with van der Waals surface area (Å²) in [5, 5.41) is -0.532. The van der Waals surface area contributed by atoms with E-state index in [9.17, 15) is 17.8 Å². The summed E-state index contributed by atoms with van der Waals surface area (Å²) >= 11 is 0. The molecule has 16 heteroatoms. The molecule has 0 N–H and O–H groups in total. The molecule has 2 bridgehead atoms. The smallest absolute Gasteiger partial charge is 0.416 e. The maximum atomic E-state index is 16.6. The summed E-state index contributed by atoms with van der Waals surface area (Å²) in [4.78, 5) is 24.4. The number of fused-ring (bicyclic) bond motifs is 9. The molecule has 56 heavy (non-hydrogen) atoms. The average Bonchev–Trinajstić information content (AvgIpc) is 3.58. The lowest BCUT2D eigenvalue weighted by Gasteiger charge is -2.59. The van der Waals surface area contributed by atoms with Gasteiger partial charge in [0.15, 0.2) is 13.9 Å². The number of nitrogens with zero attached hydrogens (tertiary/aromatic N) is 4. The van der Waals surface area contributed by atoms with Gasteiger partial charge in [-0.15, -0.1) is 0 Å². The first-order valence-corrected chi connectivity index (χ1v) is 22.7. The molecule has 4 heterocycles. The number of pyridine rings is 1. The van der Waals surface area contributed by atoms with Crippen molar-refractivity contribution >= 4 is 36.1 Å². The summed E-state index contributed by atoms with van der Waals surface area (Å²) in [6, 6.07) is 9.88. The zero-order valence-electron chi connectivity index (χ0n) is 32.8. The van der Waals surface area contributed by atoms with Gasteiger partial charge in [0.05, 0.1) is 28.8 Å². The number of imidazole rings is 1. The molecule has 0 radical (unpaired) electrons. The van der Waals surface area contributed by atoms with Gasteiger partial charge in [0, 0.05) is 63.1 Å². The van der Waals surface area contributed by atoms with E-state index in [4.69, 9.17) is 14.1 Å². The Labute approximate surface area is 325 Å². The number of hydrogen-bond acceptors (Lipinski definition) is 6. The molecule has 302 valence electrons. The van der Waals surface area contributed by atoms with E-state index in [0.717, 1.165) is 0 Å². The molecule has 4 aromatic rings. The van der Waals surface area contributed by atoms with Gasteiger partial charge in [-0.2, -0.15) is 22.0 Å². The minimum atomic E-state index is -4.77. The Kier molecular flexibility index (Phi) is 9.48. The Bertz CT molecular complexity index is 2260. The number of ether oxygens (including phenoxy) is 1. The van der Waals surface area contributed by atoms with E-state index >= 15 is 17.6 Å². The fraction of sp³-hybridized carbons (Fsp3) is 0.525. The van der Waals surface area contributed by atoms with Crippen LogP contribution in [0.2, 0.25) is 18.1 Å². The number of hydrogen-bond donors (Lipinski definition) is 0. The van der Waals surface area contributed by atoms with Gasteiger partial charge in [-0.3, -0.25) is 14.0 Å². The number of carbonyl (C=O) groups is 1. The Morgan fingerprint density at radius 3 is 2.27 bits per heavy atom. The Morgan fingerprint density at radius 2 is 1.68 bits per heavy atom. The second-order valence-corrected chi connectivity index (χ2v) is 24.9. The lowest BCUT2D eigenvalue weighted by atomic mass is 9.58. The molecule has 2 aromatic carbocycles. The van der Waals surface area contributed by atoms with Crippen LogP contribution >= 0.6 is 0 Å². The van der Waals surface area contributed by atoms with E-state index in [1.807, 2.05) is 25.3 Å². The van der Waals surface area contributed by atoms with Crippen molar-refractivity contribution in [1.82, 2.24) is 19.4 Å². The molecule has 2 aromatic heterocycles. The van der Waals surface area contributed by atoms with Gasteiger partial charge in [0.2, 0.25) is 0 Å². The van der Waals surface area contributed by atoms with Crippen LogP contribution in [0.1, 0.15) is 100 Å². The molecule has 1 amide bonds. The number of carbonyl (C=O) groups excluding carboxylic acids is 1. The average molecular weight is 821 g/mol. The molecular weight excluding hydrogens is 775 g/mol. The number of aromatic nitrogens is 3. The quantitative estimate of drug-likeness (QED) is 0.130. The number of benzene rings is 2. The predicted octanol–water partition coefficient (Wildman–Crippen LogP) is 9.86. The topological polar surface area (TPSA) is 86.6 Å². The molecule has 3 aliphatic rings. The van der Waals surface area contributed by atoms with Crippen LogP contribution < -0.4 is 4.74 Å². The molecule has 0 saturated heterocycles. The number of alkyl halides is 5. The standard InChI is InChI=1S/C40H46F6N4O4SSi/c1-36(2,3)55(52)21-38(19-39(20-38,40(44,45)46)54-56(8,9)37(4,5)6)32-25(41)15-23(18-47-32)22-13-14-26-27(16-22)50-28-17-29(33(50)48-26)49(7)34(51)24-11-10-12-30(31(24)28)53-35(42)43/h10-16,18,28-29,35H,17,19-21H2,1-9H3/t28-,29-,38?,39?,55-/m1/s1. The summed E-state index contributed by atoms with van der Waals surface area (Å²) in [7, 11) is -2.99. The third-order valence-corrected chi connectivity index (χ3v) is 18.9. The SMILES string of the molecule is CN1C(=O)c2cccc(OC(F)F)c2[C@H]2C[C@@H]1c1nc3ccc(-c4cnc(C5(C[S@@](=O)C(C)(C)C)CC(O[Si](C)(C)C(C)(C)C)(C(F)(F)F)C5)c(F)c4)cc3n12. The van der Waals surface area contributed by atoms with Crippen LogP contribution in [-0.2, 0) is 20.6 Å². The van der Waals surface area contributed by atoms with Gasteiger partial charge in [-0.1, -0.05) is 32.9 Å². The molecule has 0 spiro atoms. The minimum absolute atomic E-state index is 0.112. The fourth-order valence-electron chi connectivity index (χ4n) is 8.26. The molecule has 1 aliphatic carbocycles. The van der Waals surface area contributed by atoms with Crippen LogP contribution in [0.25, 0.3) is 22.2 Å². The van der Waals surface area contributed by atoms with Crippen LogP contribution in [0.3, 0.4) is 0 Å². The molecular formula is C40H46F6N4O4SSi. The summed E-state index contributed by atoms with van der Waals surface area (Å²) < 4.78 is 115. The maximum Gasteiger partial charge on any atom is 0.416 e. The van der Waals surface area contributed by atoms with E-state index in [-0.39, 0.29) is 28.7 Å². The van der Waals surface area contributed by atoms with Crippen molar-refractivity contribution in [1.29, 1.82) is 0 Å². The van der Waals surface area contributed by atoms with Crippen molar-refractivity contribution in [2.75, 3.05) is 12.8 Å². The summed E-state index contributed by atoms with van der Waals surface area (Å²) in [5.41, 5.74) is -1.68. The zero-order chi connectivity index (χ0) is 41.1. The Morgan fingerprint density at radius 1 is 1.00 bits per heavy atom. The highest BCUT2D eigenvalue weighted by molar-refractivity contribution is 7.86. The first-order chi connectivity index (χ1) is 25.8. The van der Waals surface area contributed by atoms with E-state index in [1.165, 1.54) is 24.4 Å². The minimum Gasteiger partial charge on any atom is -0.434 e. The largest absolute Gasteiger partial charge is 0.434 e. The van der Waals surface area contributed by atoms with Gasteiger partial charge in [-0.25, -0.2) is 9.37 Å². The number of halogens is 6. The van der Waals surface area contributed by atoms with Gasteiger partial charge in [0.1, 0.15) is 17.4 Å². The van der Waals surface area contributed by atoms with Crippen molar-refractivity contribution in [3.8, 4) is 16.9 Å². The maximum absolute atomic E-state index is 16.6.